The van der Waals surface area contributed by atoms with Crippen molar-refractivity contribution in [2.45, 2.75) is 40.2 Å². The minimum absolute atomic E-state index is 0.0523. The molecule has 1 aromatic carbocycles. The molecule has 5 nitrogen and oxygen atoms in total. The van der Waals surface area contributed by atoms with Crippen molar-refractivity contribution < 1.29 is 9.59 Å². The van der Waals surface area contributed by atoms with Crippen LogP contribution in [0.25, 0.3) is 0 Å². The summed E-state index contributed by atoms with van der Waals surface area (Å²) in [5.41, 5.74) is 8.33. The third-order valence-electron chi connectivity index (χ3n) is 2.78. The molecule has 0 saturated carbocycles. The fourth-order valence-electron chi connectivity index (χ4n) is 1.83. The number of benzene rings is 1. The van der Waals surface area contributed by atoms with Crippen molar-refractivity contribution in [3.8, 4) is 0 Å². The fourth-order valence-corrected chi connectivity index (χ4v) is 1.83. The average molecular weight is 277 g/mol. The van der Waals surface area contributed by atoms with E-state index in [2.05, 4.69) is 10.6 Å². The average Bonchev–Trinajstić information content (AvgIpc) is 2.28. The van der Waals surface area contributed by atoms with Gasteiger partial charge < -0.3 is 16.4 Å². The van der Waals surface area contributed by atoms with Crippen molar-refractivity contribution in [3.05, 3.63) is 28.8 Å². The molecule has 5 heteroatoms. The SMILES string of the molecule is Cc1cc(C)c(C(=O)NCC(=O)NC(C)(C)C)cc1N. The molecule has 2 amide bonds. The van der Waals surface area contributed by atoms with E-state index in [1.165, 1.54) is 0 Å². The van der Waals surface area contributed by atoms with E-state index in [4.69, 9.17) is 5.73 Å². The van der Waals surface area contributed by atoms with Crippen LogP contribution in [0.15, 0.2) is 12.1 Å². The Kier molecular flexibility index (Phi) is 4.76. The third kappa shape index (κ3) is 4.57. The van der Waals surface area contributed by atoms with Gasteiger partial charge in [-0.1, -0.05) is 6.07 Å². The summed E-state index contributed by atoms with van der Waals surface area (Å²) >= 11 is 0. The van der Waals surface area contributed by atoms with Gasteiger partial charge in [-0.05, 0) is 51.8 Å². The van der Waals surface area contributed by atoms with Gasteiger partial charge in [0.2, 0.25) is 5.91 Å². The molecular weight excluding hydrogens is 254 g/mol. The molecule has 110 valence electrons. The van der Waals surface area contributed by atoms with Crippen molar-refractivity contribution >= 4 is 17.5 Å². The summed E-state index contributed by atoms with van der Waals surface area (Å²) in [6.45, 7) is 9.34. The number of amides is 2. The number of anilines is 1. The van der Waals surface area contributed by atoms with Crippen LogP contribution in [0.4, 0.5) is 5.69 Å². The van der Waals surface area contributed by atoms with Crippen LogP contribution in [0.1, 0.15) is 42.3 Å². The highest BCUT2D eigenvalue weighted by Crippen LogP contribution is 2.17. The lowest BCUT2D eigenvalue weighted by Crippen LogP contribution is -2.45. The summed E-state index contributed by atoms with van der Waals surface area (Å²) in [7, 11) is 0. The van der Waals surface area contributed by atoms with Crippen molar-refractivity contribution in [3.63, 3.8) is 0 Å². The number of nitrogens with one attached hydrogen (secondary N) is 2. The molecule has 4 N–H and O–H groups in total. The predicted octanol–water partition coefficient (Wildman–Crippen LogP) is 1.53. The molecule has 20 heavy (non-hydrogen) atoms. The van der Waals surface area contributed by atoms with Gasteiger partial charge in [-0.25, -0.2) is 0 Å². The van der Waals surface area contributed by atoms with E-state index >= 15 is 0 Å². The van der Waals surface area contributed by atoms with Gasteiger partial charge in [0.15, 0.2) is 0 Å². The number of nitrogen functional groups attached to an aromatic ring is 1. The number of carbonyl (C=O) groups is 2. The Morgan fingerprint density at radius 1 is 1.15 bits per heavy atom. The lowest BCUT2D eigenvalue weighted by atomic mass is 10.0. The Labute approximate surface area is 119 Å². The highest BCUT2D eigenvalue weighted by molar-refractivity contribution is 5.98. The molecule has 0 aliphatic heterocycles. The molecule has 0 aromatic heterocycles. The number of nitrogens with two attached hydrogens (primary N) is 1. The van der Waals surface area contributed by atoms with Crippen molar-refractivity contribution in [1.29, 1.82) is 0 Å². The standard InChI is InChI=1S/C15H23N3O2/c1-9-6-10(2)12(16)7-11(9)14(20)17-8-13(19)18-15(3,4)5/h6-7H,8,16H2,1-5H3,(H,17,20)(H,18,19). The Morgan fingerprint density at radius 3 is 2.30 bits per heavy atom. The molecule has 0 radical (unpaired) electrons. The zero-order valence-electron chi connectivity index (χ0n) is 12.8. The summed E-state index contributed by atoms with van der Waals surface area (Å²) in [6, 6.07) is 3.50. The van der Waals surface area contributed by atoms with Crippen LogP contribution in [0.5, 0.6) is 0 Å². The van der Waals surface area contributed by atoms with E-state index in [0.717, 1.165) is 11.1 Å². The minimum atomic E-state index is -0.313. The summed E-state index contributed by atoms with van der Waals surface area (Å²) < 4.78 is 0. The Bertz CT molecular complexity index is 531. The molecule has 0 aliphatic carbocycles. The lowest BCUT2D eigenvalue weighted by molar-refractivity contribution is -0.121. The normalized spacial score (nSPS) is 11.1. The predicted molar refractivity (Wildman–Crippen MR) is 80.6 cm³/mol. The maximum atomic E-state index is 12.1. The molecule has 0 atom stereocenters. The topological polar surface area (TPSA) is 84.2 Å². The zero-order chi connectivity index (χ0) is 15.5. The minimum Gasteiger partial charge on any atom is -0.398 e. The highest BCUT2D eigenvalue weighted by Gasteiger charge is 2.16. The van der Waals surface area contributed by atoms with Crippen LogP contribution in [-0.2, 0) is 4.79 Å². The van der Waals surface area contributed by atoms with Crippen LogP contribution < -0.4 is 16.4 Å². The molecule has 0 bridgehead atoms. The summed E-state index contributed by atoms with van der Waals surface area (Å²) in [5.74, 6) is -0.512. The van der Waals surface area contributed by atoms with Gasteiger partial charge in [0.1, 0.15) is 0 Å². The Hall–Kier alpha value is -2.04. The monoisotopic (exact) mass is 277 g/mol. The molecule has 0 aliphatic rings. The lowest BCUT2D eigenvalue weighted by Gasteiger charge is -2.20. The van der Waals surface area contributed by atoms with Gasteiger partial charge in [0.25, 0.3) is 5.91 Å². The van der Waals surface area contributed by atoms with Gasteiger partial charge >= 0.3 is 0 Å². The number of hydrogen-bond acceptors (Lipinski definition) is 3. The number of carbonyl (C=O) groups excluding carboxylic acids is 2. The summed E-state index contributed by atoms with van der Waals surface area (Å²) in [5, 5.41) is 5.39. The molecule has 0 unspecified atom stereocenters. The summed E-state index contributed by atoms with van der Waals surface area (Å²) in [4.78, 5) is 23.7. The van der Waals surface area contributed by atoms with Crippen molar-refractivity contribution in [2.24, 2.45) is 0 Å². The fraction of sp³-hybridized carbons (Fsp3) is 0.467. The van der Waals surface area contributed by atoms with E-state index in [-0.39, 0.29) is 23.9 Å². The van der Waals surface area contributed by atoms with Gasteiger partial charge in [-0.3, -0.25) is 9.59 Å². The quantitative estimate of drug-likeness (QED) is 0.733. The second-order valence-corrected chi connectivity index (χ2v) is 6.00. The summed E-state index contributed by atoms with van der Waals surface area (Å²) in [6.07, 6.45) is 0. The van der Waals surface area contributed by atoms with Gasteiger partial charge in [0.05, 0.1) is 6.54 Å². The van der Waals surface area contributed by atoms with E-state index in [9.17, 15) is 9.59 Å². The molecule has 0 heterocycles. The van der Waals surface area contributed by atoms with Crippen LogP contribution in [0, 0.1) is 13.8 Å². The van der Waals surface area contributed by atoms with Crippen LogP contribution in [0.2, 0.25) is 0 Å². The first-order valence-electron chi connectivity index (χ1n) is 6.56. The van der Waals surface area contributed by atoms with Crippen molar-refractivity contribution in [2.75, 3.05) is 12.3 Å². The maximum Gasteiger partial charge on any atom is 0.252 e. The van der Waals surface area contributed by atoms with Crippen LogP contribution in [0.3, 0.4) is 0 Å². The number of rotatable bonds is 3. The second kappa shape index (κ2) is 5.94. The molecule has 0 saturated heterocycles. The van der Waals surface area contributed by atoms with Gasteiger partial charge in [-0.15, -0.1) is 0 Å². The van der Waals surface area contributed by atoms with Gasteiger partial charge in [0, 0.05) is 16.8 Å². The maximum absolute atomic E-state index is 12.1. The zero-order valence-corrected chi connectivity index (χ0v) is 12.8. The molecule has 0 fully saturated rings. The molecule has 1 rings (SSSR count). The first-order chi connectivity index (χ1) is 9.10. The van der Waals surface area contributed by atoms with Gasteiger partial charge in [-0.2, -0.15) is 0 Å². The van der Waals surface area contributed by atoms with E-state index < -0.39 is 0 Å². The van der Waals surface area contributed by atoms with E-state index in [1.54, 1.807) is 6.07 Å². The molecule has 0 spiro atoms. The van der Waals surface area contributed by atoms with Crippen molar-refractivity contribution in [1.82, 2.24) is 10.6 Å². The van der Waals surface area contributed by atoms with E-state index in [1.807, 2.05) is 40.7 Å². The Balaban J connectivity index is 2.69. The number of hydrogen-bond donors (Lipinski definition) is 3. The Morgan fingerprint density at radius 2 is 1.75 bits per heavy atom. The van der Waals surface area contributed by atoms with Crippen LogP contribution >= 0.6 is 0 Å². The van der Waals surface area contributed by atoms with E-state index in [0.29, 0.717) is 11.3 Å². The largest absolute Gasteiger partial charge is 0.398 e. The second-order valence-electron chi connectivity index (χ2n) is 6.00. The number of aryl methyl sites for hydroxylation is 2. The first kappa shape index (κ1) is 16.0. The smallest absolute Gasteiger partial charge is 0.252 e. The highest BCUT2D eigenvalue weighted by atomic mass is 16.2. The molecule has 1 aromatic rings. The first-order valence-corrected chi connectivity index (χ1v) is 6.56. The van der Waals surface area contributed by atoms with Crippen LogP contribution in [-0.4, -0.2) is 23.9 Å². The molecular formula is C15H23N3O2. The third-order valence-corrected chi connectivity index (χ3v) is 2.78.